The molecule has 1 unspecified atom stereocenters. The van der Waals surface area contributed by atoms with Crippen molar-refractivity contribution in [3.05, 3.63) is 100.0 Å². The second kappa shape index (κ2) is 12.7. The minimum Gasteiger partial charge on any atom is -0.462 e. The van der Waals surface area contributed by atoms with E-state index in [0.29, 0.717) is 28.8 Å². The second-order valence-corrected chi connectivity index (χ2v) is 9.70. The molecule has 4 aromatic heterocycles. The summed E-state index contributed by atoms with van der Waals surface area (Å²) < 4.78 is 21.4. The van der Waals surface area contributed by atoms with Crippen molar-refractivity contribution in [2.45, 2.75) is 18.8 Å². The summed E-state index contributed by atoms with van der Waals surface area (Å²) in [6.07, 6.45) is 7.74. The SMILES string of the molecule is COn1c(=O)c(-c2c(F)cccc2Cl)c(Nc2cc[nH]c2C(CCCOC(=O)c2cccnc2)C(N)=O)c2cncnc21. The molecule has 43 heavy (non-hydrogen) atoms. The summed E-state index contributed by atoms with van der Waals surface area (Å²) in [5.74, 6) is -2.75. The van der Waals surface area contributed by atoms with Gasteiger partial charge in [-0.05, 0) is 43.2 Å². The van der Waals surface area contributed by atoms with Crippen LogP contribution in [0.4, 0.5) is 15.8 Å². The van der Waals surface area contributed by atoms with E-state index >= 15 is 4.39 Å². The van der Waals surface area contributed by atoms with Crippen LogP contribution in [0.1, 0.15) is 34.8 Å². The molecule has 0 saturated carbocycles. The lowest BCUT2D eigenvalue weighted by Crippen LogP contribution is -2.28. The predicted octanol–water partition coefficient (Wildman–Crippen LogP) is 3.98. The number of esters is 1. The van der Waals surface area contributed by atoms with Crippen molar-refractivity contribution in [1.29, 1.82) is 0 Å². The van der Waals surface area contributed by atoms with Crippen LogP contribution in [0.3, 0.4) is 0 Å². The predicted molar refractivity (Wildman–Crippen MR) is 156 cm³/mol. The number of aromatic amines is 1. The number of pyridine rings is 2. The number of rotatable bonds is 11. The molecule has 0 bridgehead atoms. The highest BCUT2D eigenvalue weighted by atomic mass is 35.5. The molecule has 1 amide bonds. The smallest absolute Gasteiger partial charge is 0.339 e. The van der Waals surface area contributed by atoms with E-state index in [4.69, 9.17) is 26.9 Å². The summed E-state index contributed by atoms with van der Waals surface area (Å²) in [5.41, 5.74) is 6.07. The summed E-state index contributed by atoms with van der Waals surface area (Å²) in [4.78, 5) is 59.0. The zero-order valence-electron chi connectivity index (χ0n) is 22.7. The van der Waals surface area contributed by atoms with E-state index in [1.54, 1.807) is 30.6 Å². The number of primary amides is 1. The number of carbonyl (C=O) groups is 2. The number of hydrogen-bond acceptors (Lipinski definition) is 9. The van der Waals surface area contributed by atoms with Crippen molar-refractivity contribution in [3.8, 4) is 11.1 Å². The van der Waals surface area contributed by atoms with Crippen molar-refractivity contribution in [1.82, 2.24) is 24.7 Å². The number of halogens is 2. The van der Waals surface area contributed by atoms with Crippen LogP contribution in [-0.2, 0) is 9.53 Å². The number of aromatic nitrogens is 5. The summed E-state index contributed by atoms with van der Waals surface area (Å²) in [5, 5.41) is 3.47. The van der Waals surface area contributed by atoms with Gasteiger partial charge in [-0.2, -0.15) is 0 Å². The molecule has 0 spiro atoms. The third kappa shape index (κ3) is 5.88. The third-order valence-corrected chi connectivity index (χ3v) is 7.01. The van der Waals surface area contributed by atoms with Crippen LogP contribution < -0.4 is 21.4 Å². The highest BCUT2D eigenvalue weighted by Crippen LogP contribution is 2.39. The minimum absolute atomic E-state index is 0.0101. The zero-order valence-corrected chi connectivity index (χ0v) is 23.5. The minimum atomic E-state index is -0.836. The fourth-order valence-electron chi connectivity index (χ4n) is 4.73. The molecule has 0 aliphatic rings. The van der Waals surface area contributed by atoms with Crippen LogP contribution >= 0.6 is 11.6 Å². The standard InChI is InChI=1S/C29H25ClFN7O5/c1-42-38-27-18(14-34-15-36-27)25(23(28(38)40)22-19(30)7-2-8-20(22)31)37-21-9-11-35-24(21)17(26(32)39)6-4-12-43-29(41)16-5-3-10-33-13-16/h2-3,5,7-11,13-15,17,35,37H,4,6,12H2,1H3,(H2,32,39). The molecule has 0 radical (unpaired) electrons. The molecule has 5 rings (SSSR count). The Morgan fingerprint density at radius 1 is 1.16 bits per heavy atom. The lowest BCUT2D eigenvalue weighted by molar-refractivity contribution is -0.119. The monoisotopic (exact) mass is 605 g/mol. The average Bonchev–Trinajstić information content (AvgIpc) is 3.46. The van der Waals surface area contributed by atoms with E-state index in [-0.39, 0.29) is 40.5 Å². The Hall–Kier alpha value is -5.30. The Morgan fingerprint density at radius 2 is 2.00 bits per heavy atom. The molecular formula is C29H25ClFN7O5. The zero-order chi connectivity index (χ0) is 30.5. The summed E-state index contributed by atoms with van der Waals surface area (Å²) in [6.45, 7) is 0.0358. The van der Waals surface area contributed by atoms with Gasteiger partial charge in [0.2, 0.25) is 5.91 Å². The van der Waals surface area contributed by atoms with Crippen LogP contribution in [0, 0.1) is 5.82 Å². The molecule has 0 aliphatic heterocycles. The number of fused-ring (bicyclic) bond motifs is 1. The van der Waals surface area contributed by atoms with Crippen molar-refractivity contribution in [2.24, 2.45) is 5.73 Å². The molecule has 14 heteroatoms. The molecule has 4 heterocycles. The Morgan fingerprint density at radius 3 is 2.72 bits per heavy atom. The first kappa shape index (κ1) is 29.2. The van der Waals surface area contributed by atoms with Crippen LogP contribution in [-0.4, -0.2) is 50.3 Å². The maximum atomic E-state index is 15.2. The van der Waals surface area contributed by atoms with E-state index in [1.807, 2.05) is 0 Å². The number of nitrogens with one attached hydrogen (secondary N) is 2. The topological polar surface area (TPSA) is 167 Å². The average molecular weight is 606 g/mol. The van der Waals surface area contributed by atoms with Gasteiger partial charge in [-0.3, -0.25) is 14.6 Å². The quantitative estimate of drug-likeness (QED) is 0.149. The van der Waals surface area contributed by atoms with Gasteiger partial charge in [0.15, 0.2) is 5.65 Å². The van der Waals surface area contributed by atoms with Gasteiger partial charge in [0.05, 0.1) is 51.1 Å². The van der Waals surface area contributed by atoms with Crippen LogP contribution in [0.15, 0.2) is 72.3 Å². The molecular weight excluding hydrogens is 581 g/mol. The van der Waals surface area contributed by atoms with Crippen LogP contribution in [0.2, 0.25) is 5.02 Å². The number of nitrogens with zero attached hydrogens (tertiary/aromatic N) is 4. The number of hydrogen-bond donors (Lipinski definition) is 3. The van der Waals surface area contributed by atoms with Crippen molar-refractivity contribution < 1.29 is 23.6 Å². The number of carbonyl (C=O) groups excluding carboxylic acids is 2. The Balaban J connectivity index is 1.50. The van der Waals surface area contributed by atoms with Gasteiger partial charge >= 0.3 is 5.97 Å². The number of nitrogens with two attached hydrogens (primary N) is 1. The molecule has 4 N–H and O–H groups in total. The first-order valence-electron chi connectivity index (χ1n) is 13.0. The largest absolute Gasteiger partial charge is 0.462 e. The number of anilines is 2. The van der Waals surface area contributed by atoms with Gasteiger partial charge in [-0.25, -0.2) is 19.2 Å². The van der Waals surface area contributed by atoms with Crippen molar-refractivity contribution in [3.63, 3.8) is 0 Å². The van der Waals surface area contributed by atoms with Gasteiger partial charge < -0.3 is 25.6 Å². The molecule has 5 aromatic rings. The first-order valence-corrected chi connectivity index (χ1v) is 13.4. The van der Waals surface area contributed by atoms with Crippen molar-refractivity contribution in [2.75, 3.05) is 19.0 Å². The van der Waals surface area contributed by atoms with Gasteiger partial charge in [0.1, 0.15) is 19.3 Å². The lowest BCUT2D eigenvalue weighted by Gasteiger charge is -2.20. The van der Waals surface area contributed by atoms with Gasteiger partial charge in [0.25, 0.3) is 5.56 Å². The van der Waals surface area contributed by atoms with E-state index in [0.717, 1.165) is 4.73 Å². The van der Waals surface area contributed by atoms with Crippen LogP contribution in [0.25, 0.3) is 22.2 Å². The van der Waals surface area contributed by atoms with Crippen LogP contribution in [0.5, 0.6) is 0 Å². The normalized spacial score (nSPS) is 11.7. The van der Waals surface area contributed by atoms with E-state index in [2.05, 4.69) is 25.3 Å². The summed E-state index contributed by atoms with van der Waals surface area (Å²) in [7, 11) is 1.28. The molecule has 0 fully saturated rings. The summed E-state index contributed by atoms with van der Waals surface area (Å²) in [6, 6.07) is 8.90. The molecule has 0 saturated heterocycles. The van der Waals surface area contributed by atoms with Crippen molar-refractivity contribution >= 4 is 45.9 Å². The molecule has 1 atom stereocenters. The maximum absolute atomic E-state index is 15.2. The van der Waals surface area contributed by atoms with E-state index < -0.39 is 29.2 Å². The molecule has 220 valence electrons. The maximum Gasteiger partial charge on any atom is 0.339 e. The van der Waals surface area contributed by atoms with E-state index in [1.165, 1.54) is 44.0 Å². The highest BCUT2D eigenvalue weighted by Gasteiger charge is 2.27. The number of benzene rings is 1. The second-order valence-electron chi connectivity index (χ2n) is 9.29. The molecule has 0 aliphatic carbocycles. The number of H-pyrrole nitrogens is 1. The Kier molecular flexibility index (Phi) is 8.62. The van der Waals surface area contributed by atoms with E-state index in [9.17, 15) is 14.4 Å². The fourth-order valence-corrected chi connectivity index (χ4v) is 4.99. The Labute approximate surface area is 248 Å². The molecule has 1 aromatic carbocycles. The molecule has 12 nitrogen and oxygen atoms in total. The Bertz CT molecular complexity index is 1840. The fraction of sp³-hybridized carbons (Fsp3) is 0.172. The highest BCUT2D eigenvalue weighted by molar-refractivity contribution is 6.33. The number of amides is 1. The third-order valence-electron chi connectivity index (χ3n) is 6.69. The van der Waals surface area contributed by atoms with Gasteiger partial charge in [-0.15, -0.1) is 4.73 Å². The number of ether oxygens (including phenoxy) is 1. The van der Waals surface area contributed by atoms with Gasteiger partial charge in [-0.1, -0.05) is 17.7 Å². The van der Waals surface area contributed by atoms with Gasteiger partial charge in [0, 0.05) is 30.4 Å². The lowest BCUT2D eigenvalue weighted by atomic mass is 9.97. The first-order chi connectivity index (χ1) is 20.8. The summed E-state index contributed by atoms with van der Waals surface area (Å²) >= 11 is 6.40.